The van der Waals surface area contributed by atoms with E-state index in [4.69, 9.17) is 9.47 Å². The summed E-state index contributed by atoms with van der Waals surface area (Å²) in [6.45, 7) is 6.41. The van der Waals surface area contributed by atoms with Gasteiger partial charge in [0.25, 0.3) is 5.91 Å². The summed E-state index contributed by atoms with van der Waals surface area (Å²) in [5, 5.41) is 2.90. The lowest BCUT2D eigenvalue weighted by atomic mass is 10.0. The SMILES string of the molecule is CCOc1ccc(NC(=O)c2cccc(C)c2C)cc1OC. The molecule has 0 saturated heterocycles. The molecule has 2 aromatic carbocycles. The number of amides is 1. The van der Waals surface area contributed by atoms with Gasteiger partial charge in [0, 0.05) is 17.3 Å². The molecule has 0 aliphatic heterocycles. The minimum atomic E-state index is -0.132. The molecule has 0 radical (unpaired) electrons. The molecule has 0 unspecified atom stereocenters. The van der Waals surface area contributed by atoms with Crippen LogP contribution in [0.5, 0.6) is 11.5 Å². The quantitative estimate of drug-likeness (QED) is 0.909. The molecule has 1 N–H and O–H groups in total. The van der Waals surface area contributed by atoms with E-state index in [0.29, 0.717) is 29.4 Å². The first-order chi connectivity index (χ1) is 10.6. The van der Waals surface area contributed by atoms with Crippen molar-refractivity contribution >= 4 is 11.6 Å². The Morgan fingerprint density at radius 1 is 1.14 bits per heavy atom. The van der Waals surface area contributed by atoms with Gasteiger partial charge < -0.3 is 14.8 Å². The van der Waals surface area contributed by atoms with Crippen molar-refractivity contribution in [2.75, 3.05) is 19.0 Å². The first kappa shape index (κ1) is 15.9. The molecule has 1 amide bonds. The average Bonchev–Trinajstić information content (AvgIpc) is 2.51. The summed E-state index contributed by atoms with van der Waals surface area (Å²) in [5.41, 5.74) is 3.42. The lowest BCUT2D eigenvalue weighted by molar-refractivity contribution is 0.102. The van der Waals surface area contributed by atoms with Gasteiger partial charge in [-0.05, 0) is 50.1 Å². The molecule has 0 bridgehead atoms. The first-order valence-corrected chi connectivity index (χ1v) is 7.25. The largest absolute Gasteiger partial charge is 0.493 e. The van der Waals surface area contributed by atoms with E-state index < -0.39 is 0 Å². The highest BCUT2D eigenvalue weighted by atomic mass is 16.5. The topological polar surface area (TPSA) is 47.6 Å². The number of carbonyl (C=O) groups excluding carboxylic acids is 1. The van der Waals surface area contributed by atoms with Crippen LogP contribution in [0.1, 0.15) is 28.4 Å². The Morgan fingerprint density at radius 3 is 2.59 bits per heavy atom. The average molecular weight is 299 g/mol. The smallest absolute Gasteiger partial charge is 0.255 e. The van der Waals surface area contributed by atoms with E-state index in [1.165, 1.54) is 0 Å². The number of carbonyl (C=O) groups is 1. The Hall–Kier alpha value is -2.49. The lowest BCUT2D eigenvalue weighted by Gasteiger charge is -2.13. The number of hydrogen-bond acceptors (Lipinski definition) is 3. The fourth-order valence-corrected chi connectivity index (χ4v) is 2.22. The Morgan fingerprint density at radius 2 is 1.91 bits per heavy atom. The molecule has 0 aromatic heterocycles. The van der Waals surface area contributed by atoms with Gasteiger partial charge in [-0.25, -0.2) is 0 Å². The molecule has 2 rings (SSSR count). The molecule has 4 heteroatoms. The van der Waals surface area contributed by atoms with Gasteiger partial charge in [0.1, 0.15) is 0 Å². The van der Waals surface area contributed by atoms with Crippen molar-refractivity contribution in [2.24, 2.45) is 0 Å². The summed E-state index contributed by atoms with van der Waals surface area (Å²) in [6, 6.07) is 11.1. The van der Waals surface area contributed by atoms with Gasteiger partial charge in [-0.3, -0.25) is 4.79 Å². The van der Waals surface area contributed by atoms with Crippen LogP contribution in [0.3, 0.4) is 0 Å². The third-order valence-electron chi connectivity index (χ3n) is 3.57. The van der Waals surface area contributed by atoms with Crippen LogP contribution in [0.25, 0.3) is 0 Å². The number of ether oxygens (including phenoxy) is 2. The number of benzene rings is 2. The molecule has 2 aromatic rings. The summed E-state index contributed by atoms with van der Waals surface area (Å²) in [5.74, 6) is 1.13. The fourth-order valence-electron chi connectivity index (χ4n) is 2.22. The van der Waals surface area contributed by atoms with Crippen LogP contribution < -0.4 is 14.8 Å². The first-order valence-electron chi connectivity index (χ1n) is 7.25. The van der Waals surface area contributed by atoms with Crippen molar-refractivity contribution in [3.63, 3.8) is 0 Å². The van der Waals surface area contributed by atoms with Crippen LogP contribution in [0.15, 0.2) is 36.4 Å². The number of methoxy groups -OCH3 is 1. The molecule has 0 fully saturated rings. The van der Waals surface area contributed by atoms with Gasteiger partial charge in [-0.2, -0.15) is 0 Å². The van der Waals surface area contributed by atoms with Crippen molar-refractivity contribution in [3.8, 4) is 11.5 Å². The Bertz CT molecular complexity index is 680. The monoisotopic (exact) mass is 299 g/mol. The van der Waals surface area contributed by atoms with Gasteiger partial charge in [0.2, 0.25) is 0 Å². The number of nitrogens with one attached hydrogen (secondary N) is 1. The molecular formula is C18H21NO3. The molecular weight excluding hydrogens is 278 g/mol. The summed E-state index contributed by atoms with van der Waals surface area (Å²) < 4.78 is 10.8. The molecule has 22 heavy (non-hydrogen) atoms. The maximum absolute atomic E-state index is 12.4. The normalized spacial score (nSPS) is 10.2. The highest BCUT2D eigenvalue weighted by Gasteiger charge is 2.12. The predicted octanol–water partition coefficient (Wildman–Crippen LogP) is 3.96. The van der Waals surface area contributed by atoms with Gasteiger partial charge >= 0.3 is 0 Å². The predicted molar refractivity (Wildman–Crippen MR) is 88.0 cm³/mol. The molecule has 0 aliphatic rings. The van der Waals surface area contributed by atoms with Gasteiger partial charge in [0.05, 0.1) is 13.7 Å². The minimum absolute atomic E-state index is 0.132. The van der Waals surface area contributed by atoms with Crippen LogP contribution in [0.4, 0.5) is 5.69 Å². The number of anilines is 1. The lowest BCUT2D eigenvalue weighted by Crippen LogP contribution is -2.14. The Labute approximate surface area is 131 Å². The van der Waals surface area contributed by atoms with Crippen LogP contribution in [0.2, 0.25) is 0 Å². The minimum Gasteiger partial charge on any atom is -0.493 e. The fraction of sp³-hybridized carbons (Fsp3) is 0.278. The zero-order valence-electron chi connectivity index (χ0n) is 13.4. The summed E-state index contributed by atoms with van der Waals surface area (Å²) in [6.07, 6.45) is 0. The van der Waals surface area contributed by atoms with Crippen molar-refractivity contribution < 1.29 is 14.3 Å². The maximum atomic E-state index is 12.4. The van der Waals surface area contributed by atoms with Crippen LogP contribution >= 0.6 is 0 Å². The van der Waals surface area contributed by atoms with Crippen molar-refractivity contribution in [3.05, 3.63) is 53.1 Å². The molecule has 116 valence electrons. The zero-order chi connectivity index (χ0) is 16.1. The van der Waals surface area contributed by atoms with E-state index in [2.05, 4.69) is 5.32 Å². The van der Waals surface area contributed by atoms with Gasteiger partial charge in [-0.1, -0.05) is 12.1 Å². The summed E-state index contributed by atoms with van der Waals surface area (Å²) in [7, 11) is 1.58. The zero-order valence-corrected chi connectivity index (χ0v) is 13.4. The Balaban J connectivity index is 2.23. The number of aryl methyl sites for hydroxylation is 1. The molecule has 0 spiro atoms. The van der Waals surface area contributed by atoms with E-state index in [1.807, 2.05) is 39.0 Å². The number of hydrogen-bond donors (Lipinski definition) is 1. The molecule has 0 aliphatic carbocycles. The van der Waals surface area contributed by atoms with Crippen LogP contribution in [0, 0.1) is 13.8 Å². The second kappa shape index (κ2) is 6.98. The molecule has 0 saturated carbocycles. The van der Waals surface area contributed by atoms with Crippen LogP contribution in [-0.2, 0) is 0 Å². The van der Waals surface area contributed by atoms with E-state index in [0.717, 1.165) is 11.1 Å². The Kier molecular flexibility index (Phi) is 5.04. The van der Waals surface area contributed by atoms with E-state index in [1.54, 1.807) is 25.3 Å². The third-order valence-corrected chi connectivity index (χ3v) is 3.57. The van der Waals surface area contributed by atoms with Gasteiger partial charge in [-0.15, -0.1) is 0 Å². The van der Waals surface area contributed by atoms with Crippen molar-refractivity contribution in [1.82, 2.24) is 0 Å². The summed E-state index contributed by atoms with van der Waals surface area (Å²) in [4.78, 5) is 12.4. The van der Waals surface area contributed by atoms with Gasteiger partial charge in [0.15, 0.2) is 11.5 Å². The second-order valence-electron chi connectivity index (χ2n) is 5.00. The molecule has 0 atom stereocenters. The molecule has 4 nitrogen and oxygen atoms in total. The van der Waals surface area contributed by atoms with E-state index in [-0.39, 0.29) is 5.91 Å². The van der Waals surface area contributed by atoms with E-state index in [9.17, 15) is 4.79 Å². The second-order valence-corrected chi connectivity index (χ2v) is 5.00. The maximum Gasteiger partial charge on any atom is 0.255 e. The van der Waals surface area contributed by atoms with E-state index >= 15 is 0 Å². The highest BCUT2D eigenvalue weighted by Crippen LogP contribution is 2.30. The van der Waals surface area contributed by atoms with Crippen molar-refractivity contribution in [2.45, 2.75) is 20.8 Å². The number of rotatable bonds is 5. The van der Waals surface area contributed by atoms with Crippen molar-refractivity contribution in [1.29, 1.82) is 0 Å². The van der Waals surface area contributed by atoms with Crippen LogP contribution in [-0.4, -0.2) is 19.6 Å². The molecule has 0 heterocycles. The summed E-state index contributed by atoms with van der Waals surface area (Å²) >= 11 is 0. The highest BCUT2D eigenvalue weighted by molar-refractivity contribution is 6.05. The standard InChI is InChI=1S/C18H21NO3/c1-5-22-16-10-9-14(11-17(16)21-4)19-18(20)15-8-6-7-12(2)13(15)3/h6-11H,5H2,1-4H3,(H,19,20). The third kappa shape index (κ3) is 3.39.